The van der Waals surface area contributed by atoms with Gasteiger partial charge in [0.2, 0.25) is 0 Å². The van der Waals surface area contributed by atoms with Crippen LogP contribution in [0.25, 0.3) is 0 Å². The smallest absolute Gasteiger partial charge is 0.279 e. The van der Waals surface area contributed by atoms with E-state index in [-0.39, 0.29) is 5.11 Å². The second kappa shape index (κ2) is 6.53. The van der Waals surface area contributed by atoms with E-state index in [1.807, 2.05) is 0 Å². The van der Waals surface area contributed by atoms with Gasteiger partial charge in [-0.15, -0.1) is 11.3 Å². The van der Waals surface area contributed by atoms with Gasteiger partial charge in [-0.1, -0.05) is 40.9 Å². The van der Waals surface area contributed by atoms with E-state index in [0.29, 0.717) is 4.88 Å². The zero-order valence-electron chi connectivity index (χ0n) is 8.50. The van der Waals surface area contributed by atoms with Crippen molar-refractivity contribution in [3.63, 3.8) is 0 Å². The molecule has 0 spiro atoms. The Hall–Kier alpha value is -0.600. The molecule has 0 saturated heterocycles. The van der Waals surface area contributed by atoms with Gasteiger partial charge in [0.25, 0.3) is 15.6 Å². The standard InChI is InChI=1S/C8H6Cl3N3O2S2/c9-8(10,11)6(16)12-7(17)14-13-5(15)4-2-1-3-18-4/h1-3H,(H,13,15)(H2,12,14,16,17). The van der Waals surface area contributed by atoms with Crippen LogP contribution in [0.4, 0.5) is 0 Å². The third-order valence-corrected chi connectivity index (χ3v) is 3.11. The van der Waals surface area contributed by atoms with Crippen LogP contribution in [0.15, 0.2) is 17.5 Å². The molecule has 1 aromatic heterocycles. The summed E-state index contributed by atoms with van der Waals surface area (Å²) in [5.74, 6) is -1.31. The van der Waals surface area contributed by atoms with Crippen molar-refractivity contribution in [2.24, 2.45) is 0 Å². The average Bonchev–Trinajstić information content (AvgIpc) is 2.77. The van der Waals surface area contributed by atoms with Crippen molar-refractivity contribution in [3.8, 4) is 0 Å². The van der Waals surface area contributed by atoms with Crippen LogP contribution in [0.1, 0.15) is 9.67 Å². The molecule has 0 saturated carbocycles. The number of nitrogens with one attached hydrogen (secondary N) is 3. The van der Waals surface area contributed by atoms with Gasteiger partial charge >= 0.3 is 0 Å². The number of hydrazine groups is 1. The quantitative estimate of drug-likeness (QED) is 0.412. The zero-order chi connectivity index (χ0) is 13.8. The van der Waals surface area contributed by atoms with E-state index in [2.05, 4.69) is 16.2 Å². The monoisotopic (exact) mass is 345 g/mol. The Labute approximate surface area is 127 Å². The highest BCUT2D eigenvalue weighted by Gasteiger charge is 2.31. The molecule has 10 heteroatoms. The molecule has 1 rings (SSSR count). The van der Waals surface area contributed by atoms with Gasteiger partial charge in [-0.05, 0) is 23.7 Å². The van der Waals surface area contributed by atoms with Gasteiger partial charge in [-0.3, -0.25) is 25.8 Å². The van der Waals surface area contributed by atoms with Gasteiger partial charge in [-0.2, -0.15) is 0 Å². The van der Waals surface area contributed by atoms with E-state index in [9.17, 15) is 9.59 Å². The van der Waals surface area contributed by atoms with Crippen LogP contribution >= 0.6 is 58.4 Å². The van der Waals surface area contributed by atoms with Crippen LogP contribution in [0.3, 0.4) is 0 Å². The molecule has 98 valence electrons. The van der Waals surface area contributed by atoms with Crippen molar-refractivity contribution >= 4 is 75.3 Å². The third-order valence-electron chi connectivity index (χ3n) is 1.52. The molecule has 0 aliphatic rings. The number of thiocarbonyl (C=S) groups is 1. The summed E-state index contributed by atoms with van der Waals surface area (Å²) in [6.07, 6.45) is 0. The molecule has 18 heavy (non-hydrogen) atoms. The first-order valence-electron chi connectivity index (χ1n) is 4.32. The van der Waals surface area contributed by atoms with Gasteiger partial charge in [0.15, 0.2) is 5.11 Å². The topological polar surface area (TPSA) is 70.2 Å². The van der Waals surface area contributed by atoms with Crippen molar-refractivity contribution in [1.29, 1.82) is 0 Å². The summed E-state index contributed by atoms with van der Waals surface area (Å²) in [6.45, 7) is 0. The van der Waals surface area contributed by atoms with E-state index >= 15 is 0 Å². The summed E-state index contributed by atoms with van der Waals surface area (Å²) in [4.78, 5) is 23.2. The van der Waals surface area contributed by atoms with E-state index in [1.54, 1.807) is 17.5 Å². The van der Waals surface area contributed by atoms with Gasteiger partial charge in [0.1, 0.15) is 0 Å². The van der Waals surface area contributed by atoms with E-state index in [4.69, 9.17) is 47.0 Å². The average molecular weight is 347 g/mol. The van der Waals surface area contributed by atoms with Crippen LogP contribution in [-0.2, 0) is 4.79 Å². The summed E-state index contributed by atoms with van der Waals surface area (Å²) in [5, 5.41) is 3.66. The van der Waals surface area contributed by atoms with Crippen molar-refractivity contribution in [1.82, 2.24) is 16.2 Å². The number of halogens is 3. The fourth-order valence-corrected chi connectivity index (χ4v) is 1.69. The summed E-state index contributed by atoms with van der Waals surface area (Å²) in [6, 6.07) is 3.35. The number of alkyl halides is 3. The van der Waals surface area contributed by atoms with Gasteiger partial charge < -0.3 is 0 Å². The first-order valence-corrected chi connectivity index (χ1v) is 6.75. The molecule has 0 aromatic carbocycles. The predicted molar refractivity (Wildman–Crippen MR) is 76.0 cm³/mol. The lowest BCUT2D eigenvalue weighted by molar-refractivity contribution is -0.118. The number of amides is 2. The highest BCUT2D eigenvalue weighted by molar-refractivity contribution is 7.80. The Morgan fingerprint density at radius 2 is 1.94 bits per heavy atom. The predicted octanol–water partition coefficient (Wildman–Crippen LogP) is 1.75. The minimum atomic E-state index is -2.12. The maximum absolute atomic E-state index is 11.5. The fourth-order valence-electron chi connectivity index (χ4n) is 0.788. The molecule has 1 aromatic rings. The third kappa shape index (κ3) is 4.95. The van der Waals surface area contributed by atoms with Gasteiger partial charge in [0.05, 0.1) is 4.88 Å². The lowest BCUT2D eigenvalue weighted by atomic mass is 10.4. The second-order valence-corrected chi connectivity index (χ2v) is 6.47. The number of carbonyl (C=O) groups is 2. The fraction of sp³-hybridized carbons (Fsp3) is 0.125. The molecule has 0 unspecified atom stereocenters. The molecule has 2 amide bonds. The van der Waals surface area contributed by atoms with Crippen LogP contribution in [-0.4, -0.2) is 20.7 Å². The van der Waals surface area contributed by atoms with Crippen molar-refractivity contribution in [2.45, 2.75) is 3.79 Å². The molecular formula is C8H6Cl3N3O2S2. The van der Waals surface area contributed by atoms with E-state index in [1.165, 1.54) is 11.3 Å². The van der Waals surface area contributed by atoms with Crippen LogP contribution in [0.2, 0.25) is 0 Å². The highest BCUT2D eigenvalue weighted by Crippen LogP contribution is 2.25. The number of hydrogen-bond donors (Lipinski definition) is 3. The maximum Gasteiger partial charge on any atom is 0.279 e. The Kier molecular flexibility index (Phi) is 5.61. The lowest BCUT2D eigenvalue weighted by Gasteiger charge is -2.13. The number of carbonyl (C=O) groups excluding carboxylic acids is 2. The molecule has 0 aliphatic carbocycles. The van der Waals surface area contributed by atoms with Gasteiger partial charge in [-0.25, -0.2) is 0 Å². The molecule has 0 atom stereocenters. The Morgan fingerprint density at radius 3 is 2.44 bits per heavy atom. The number of rotatable bonds is 1. The Balaban J connectivity index is 2.38. The Bertz CT molecular complexity index is 459. The van der Waals surface area contributed by atoms with Crippen LogP contribution in [0, 0.1) is 0 Å². The van der Waals surface area contributed by atoms with E-state index in [0.717, 1.165) is 0 Å². The van der Waals surface area contributed by atoms with Crippen molar-refractivity contribution in [3.05, 3.63) is 22.4 Å². The first-order chi connectivity index (χ1) is 8.30. The molecule has 0 bridgehead atoms. The summed E-state index contributed by atoms with van der Waals surface area (Å²) < 4.78 is -2.12. The number of hydrogen-bond acceptors (Lipinski definition) is 4. The SMILES string of the molecule is O=C(NNC(=S)NC(=O)C(Cl)(Cl)Cl)c1cccs1. The molecule has 1 heterocycles. The van der Waals surface area contributed by atoms with Crippen LogP contribution in [0.5, 0.6) is 0 Å². The number of thiophene rings is 1. The summed E-state index contributed by atoms with van der Waals surface area (Å²) in [7, 11) is 0. The Morgan fingerprint density at radius 1 is 1.28 bits per heavy atom. The molecule has 0 aliphatic heterocycles. The normalized spacial score (nSPS) is 10.6. The van der Waals surface area contributed by atoms with Crippen molar-refractivity contribution in [2.75, 3.05) is 0 Å². The maximum atomic E-state index is 11.5. The highest BCUT2D eigenvalue weighted by atomic mass is 35.6. The van der Waals surface area contributed by atoms with Crippen LogP contribution < -0.4 is 16.2 Å². The second-order valence-electron chi connectivity index (χ2n) is 2.84. The minimum absolute atomic E-state index is 0.184. The molecule has 3 N–H and O–H groups in total. The summed E-state index contributed by atoms with van der Waals surface area (Å²) >= 11 is 21.9. The molecule has 0 radical (unpaired) electrons. The van der Waals surface area contributed by atoms with E-state index < -0.39 is 15.6 Å². The van der Waals surface area contributed by atoms with Crippen molar-refractivity contribution < 1.29 is 9.59 Å². The minimum Gasteiger partial charge on any atom is -0.298 e. The van der Waals surface area contributed by atoms with Gasteiger partial charge in [0, 0.05) is 0 Å². The summed E-state index contributed by atoms with van der Waals surface area (Å²) in [5.41, 5.74) is 4.58. The molecule has 5 nitrogen and oxygen atoms in total. The zero-order valence-corrected chi connectivity index (χ0v) is 12.4. The largest absolute Gasteiger partial charge is 0.298 e. The lowest BCUT2D eigenvalue weighted by Crippen LogP contribution is -2.50. The first kappa shape index (κ1) is 15.5. The molecular weight excluding hydrogens is 341 g/mol. The molecule has 0 fully saturated rings.